The lowest BCUT2D eigenvalue weighted by Gasteiger charge is -2.48. The lowest BCUT2D eigenvalue weighted by molar-refractivity contribution is 0.0341. The van der Waals surface area contributed by atoms with Crippen molar-refractivity contribution < 1.29 is 26.9 Å². The van der Waals surface area contributed by atoms with E-state index in [1.807, 2.05) is 36.4 Å². The molecule has 1 amide bonds. The Hall–Kier alpha value is -2.20. The van der Waals surface area contributed by atoms with Crippen molar-refractivity contribution in [3.63, 3.8) is 0 Å². The van der Waals surface area contributed by atoms with Crippen molar-refractivity contribution in [1.82, 2.24) is 5.32 Å². The number of benzene rings is 2. The summed E-state index contributed by atoms with van der Waals surface area (Å²) in [6.07, 6.45) is 0.492. The number of carbonyl (C=O) groups is 1. The second-order valence-corrected chi connectivity index (χ2v) is 18.4. The lowest BCUT2D eigenvalue weighted by Crippen LogP contribution is -2.69. The minimum Gasteiger partial charge on any atom is -0.444 e. The molecule has 210 valence electrons. The van der Waals surface area contributed by atoms with Crippen molar-refractivity contribution in [1.29, 1.82) is 0 Å². The van der Waals surface area contributed by atoms with Crippen molar-refractivity contribution in [3.05, 3.63) is 60.7 Å². The van der Waals surface area contributed by atoms with E-state index in [0.717, 1.165) is 10.4 Å². The highest BCUT2D eigenvalue weighted by Gasteiger charge is 2.53. The minimum atomic E-state index is -4.22. The Bertz CT molecular complexity index is 1140. The molecule has 0 bridgehead atoms. The first-order valence-corrected chi connectivity index (χ1v) is 16.7. The average Bonchev–Trinajstić information content (AvgIpc) is 2.81. The predicted molar refractivity (Wildman–Crippen MR) is 154 cm³/mol. The van der Waals surface area contributed by atoms with E-state index in [9.17, 15) is 17.8 Å². The fraction of sp³-hybridized carbons (Fsp3) is 0.552. The number of nitrogens with one attached hydrogen (secondary N) is 1. The fourth-order valence-electron chi connectivity index (χ4n) is 5.52. The highest BCUT2D eigenvalue weighted by Crippen LogP contribution is 2.40. The fourth-order valence-corrected chi connectivity index (χ4v) is 11.0. The molecule has 0 aliphatic heterocycles. The summed E-state index contributed by atoms with van der Waals surface area (Å²) in [5, 5.41) is 4.05. The molecule has 1 unspecified atom stereocenters. The van der Waals surface area contributed by atoms with E-state index in [1.54, 1.807) is 20.8 Å². The number of hydrogen-bond donors (Lipinski definition) is 2. The standard InChI is InChI=1S/C29H43NO6SSi/c1-21(37(32,33)34)22-18-19-26(25(20-22)30-27(31)35-28(2,3)4)36-38(29(5,6)7,23-14-10-8-11-15-23)24-16-12-9-13-17-24/h8-17,21-22,25-26H,18-20H2,1-7H3,(H,30,31)(H,32,33,34)/t21?,22-,25+,26+/m1/s1. The predicted octanol–water partition coefficient (Wildman–Crippen LogP) is 4.90. The zero-order valence-corrected chi connectivity index (χ0v) is 25.4. The average molecular weight is 562 g/mol. The van der Waals surface area contributed by atoms with Crippen LogP contribution >= 0.6 is 0 Å². The maximum atomic E-state index is 12.9. The number of ether oxygens (including phenoxy) is 1. The molecule has 1 saturated carbocycles. The van der Waals surface area contributed by atoms with Crippen LogP contribution in [0.5, 0.6) is 0 Å². The highest BCUT2D eigenvalue weighted by atomic mass is 32.2. The highest BCUT2D eigenvalue weighted by molar-refractivity contribution is 7.86. The molecule has 0 radical (unpaired) electrons. The summed E-state index contributed by atoms with van der Waals surface area (Å²) >= 11 is 0. The molecule has 1 aliphatic carbocycles. The number of amides is 1. The molecule has 1 fully saturated rings. The van der Waals surface area contributed by atoms with Crippen molar-refractivity contribution in [3.8, 4) is 0 Å². The van der Waals surface area contributed by atoms with Crippen molar-refractivity contribution in [2.24, 2.45) is 5.92 Å². The minimum absolute atomic E-state index is 0.259. The van der Waals surface area contributed by atoms with Crippen molar-refractivity contribution in [2.75, 3.05) is 0 Å². The van der Waals surface area contributed by atoms with Crippen molar-refractivity contribution in [2.45, 2.75) is 95.8 Å². The molecule has 2 aromatic rings. The number of rotatable bonds is 7. The summed E-state index contributed by atoms with van der Waals surface area (Å²) in [6, 6.07) is 20.1. The molecule has 3 rings (SSSR count). The van der Waals surface area contributed by atoms with E-state index in [0.29, 0.717) is 19.3 Å². The zero-order chi connectivity index (χ0) is 28.4. The van der Waals surface area contributed by atoms with Gasteiger partial charge in [0.1, 0.15) is 5.60 Å². The first kappa shape index (κ1) is 30.3. The van der Waals surface area contributed by atoms with Crippen LogP contribution in [0.25, 0.3) is 0 Å². The van der Waals surface area contributed by atoms with Gasteiger partial charge in [0, 0.05) is 0 Å². The largest absolute Gasteiger partial charge is 0.444 e. The first-order valence-electron chi connectivity index (χ1n) is 13.3. The van der Waals surface area contributed by atoms with Crippen LogP contribution in [-0.4, -0.2) is 50.4 Å². The summed E-state index contributed by atoms with van der Waals surface area (Å²) in [6.45, 7) is 13.5. The van der Waals surface area contributed by atoms with Gasteiger partial charge in [0.2, 0.25) is 0 Å². The smallest absolute Gasteiger partial charge is 0.407 e. The summed E-state index contributed by atoms with van der Waals surface area (Å²) in [7, 11) is -7.14. The second kappa shape index (κ2) is 11.5. The summed E-state index contributed by atoms with van der Waals surface area (Å²) in [5.74, 6) is -0.330. The molecule has 0 heterocycles. The van der Waals surface area contributed by atoms with Gasteiger partial charge in [0.15, 0.2) is 0 Å². The van der Waals surface area contributed by atoms with Gasteiger partial charge in [-0.2, -0.15) is 8.42 Å². The monoisotopic (exact) mass is 561 g/mol. The van der Waals surface area contributed by atoms with Crippen LogP contribution < -0.4 is 15.7 Å². The van der Waals surface area contributed by atoms with E-state index in [-0.39, 0.29) is 17.1 Å². The molecule has 7 nitrogen and oxygen atoms in total. The van der Waals surface area contributed by atoms with Gasteiger partial charge in [-0.15, -0.1) is 0 Å². The third-order valence-corrected chi connectivity index (χ3v) is 13.8. The molecule has 2 aromatic carbocycles. The van der Waals surface area contributed by atoms with E-state index in [1.165, 1.54) is 6.92 Å². The summed E-state index contributed by atoms with van der Waals surface area (Å²) in [5.41, 5.74) is -0.686. The van der Waals surface area contributed by atoms with Crippen LogP contribution in [0.4, 0.5) is 4.79 Å². The van der Waals surface area contributed by atoms with Gasteiger partial charge in [-0.3, -0.25) is 4.55 Å². The quantitative estimate of drug-likeness (QED) is 0.368. The van der Waals surface area contributed by atoms with Crippen LogP contribution in [0, 0.1) is 5.92 Å². The van der Waals surface area contributed by atoms with Gasteiger partial charge >= 0.3 is 6.09 Å². The van der Waals surface area contributed by atoms with Gasteiger partial charge < -0.3 is 14.5 Å². The molecular formula is C29H43NO6SSi. The van der Waals surface area contributed by atoms with E-state index in [2.05, 4.69) is 50.4 Å². The third-order valence-electron chi connectivity index (χ3n) is 7.41. The Balaban J connectivity index is 2.07. The Kier molecular flexibility index (Phi) is 9.18. The molecule has 1 aliphatic rings. The Morgan fingerprint density at radius 3 is 1.87 bits per heavy atom. The number of alkyl carbamates (subject to hydrolysis) is 1. The van der Waals surface area contributed by atoms with Crippen molar-refractivity contribution >= 4 is 34.9 Å². The van der Waals surface area contributed by atoms with Crippen LogP contribution in [0.3, 0.4) is 0 Å². The third kappa shape index (κ3) is 7.05. The van der Waals surface area contributed by atoms with Crippen LogP contribution in [0.15, 0.2) is 60.7 Å². The maximum absolute atomic E-state index is 12.9. The summed E-state index contributed by atoms with van der Waals surface area (Å²) in [4.78, 5) is 12.9. The summed E-state index contributed by atoms with van der Waals surface area (Å²) < 4.78 is 46.6. The molecular weight excluding hydrogens is 518 g/mol. The van der Waals surface area contributed by atoms with Crippen LogP contribution in [-0.2, 0) is 19.3 Å². The normalized spacial score (nSPS) is 21.9. The molecule has 4 atom stereocenters. The van der Waals surface area contributed by atoms with E-state index < -0.39 is 41.4 Å². The number of carbonyl (C=O) groups excluding carboxylic acids is 1. The molecule has 0 saturated heterocycles. The molecule has 38 heavy (non-hydrogen) atoms. The SMILES string of the molecule is CC([C@@H]1CC[C@H](O[Si](c2ccccc2)(c2ccccc2)C(C)(C)C)[C@@H](NC(=O)OC(C)(C)C)C1)S(=O)(=O)O. The van der Waals surface area contributed by atoms with Crippen LogP contribution in [0.1, 0.15) is 67.7 Å². The Morgan fingerprint density at radius 2 is 1.45 bits per heavy atom. The molecule has 0 spiro atoms. The number of hydrogen-bond acceptors (Lipinski definition) is 5. The molecule has 2 N–H and O–H groups in total. The van der Waals surface area contributed by atoms with Gasteiger partial charge in [-0.05, 0) is 68.3 Å². The Morgan fingerprint density at radius 1 is 0.947 bits per heavy atom. The molecule has 9 heteroatoms. The topological polar surface area (TPSA) is 102 Å². The first-order chi connectivity index (χ1) is 17.5. The zero-order valence-electron chi connectivity index (χ0n) is 23.6. The maximum Gasteiger partial charge on any atom is 0.407 e. The van der Waals surface area contributed by atoms with Crippen LogP contribution in [0.2, 0.25) is 5.04 Å². The van der Waals surface area contributed by atoms with Gasteiger partial charge in [0.25, 0.3) is 18.4 Å². The van der Waals surface area contributed by atoms with E-state index >= 15 is 0 Å². The Labute approximate surface area is 229 Å². The molecule has 0 aromatic heterocycles. The van der Waals surface area contributed by atoms with Gasteiger partial charge in [0.05, 0.1) is 17.4 Å². The van der Waals surface area contributed by atoms with Gasteiger partial charge in [-0.25, -0.2) is 4.79 Å². The second-order valence-electron chi connectivity index (χ2n) is 12.4. The van der Waals surface area contributed by atoms with E-state index in [4.69, 9.17) is 9.16 Å². The lowest BCUT2D eigenvalue weighted by atomic mass is 9.82. The van der Waals surface area contributed by atoms with Gasteiger partial charge in [-0.1, -0.05) is 81.4 Å².